The second-order valence-electron chi connectivity index (χ2n) is 6.74. The van der Waals surface area contributed by atoms with Crippen molar-refractivity contribution in [2.45, 2.75) is 6.42 Å². The average Bonchev–Trinajstić information content (AvgIpc) is 2.75. The van der Waals surface area contributed by atoms with Crippen LogP contribution in [0.25, 0.3) is 6.08 Å². The highest BCUT2D eigenvalue weighted by molar-refractivity contribution is 6.36. The quantitative estimate of drug-likeness (QED) is 0.351. The minimum atomic E-state index is -0.567. The van der Waals surface area contributed by atoms with Gasteiger partial charge in [-0.2, -0.15) is 0 Å². The highest BCUT2D eigenvalue weighted by Crippen LogP contribution is 2.28. The molecule has 3 nitrogen and oxygen atoms in total. The van der Waals surface area contributed by atoms with Crippen LogP contribution in [0.2, 0.25) is 5.02 Å². The minimum absolute atomic E-state index is 0.0421. The Labute approximate surface area is 178 Å². The Morgan fingerprint density at radius 3 is 2.57 bits per heavy atom. The molecule has 0 aliphatic carbocycles. The van der Waals surface area contributed by atoms with Crippen molar-refractivity contribution in [2.24, 2.45) is 0 Å². The van der Waals surface area contributed by atoms with Gasteiger partial charge in [0, 0.05) is 17.5 Å². The summed E-state index contributed by atoms with van der Waals surface area (Å²) in [5.41, 5.74) is 3.00. The SMILES string of the molecule is O=C1Nc2ccc(C#CCc3ccccc3)cc2C(=O)/C1=C/c1ccc(F)c(Cl)c1. The van der Waals surface area contributed by atoms with Crippen LogP contribution in [0, 0.1) is 17.7 Å². The normalized spacial score (nSPS) is 14.0. The van der Waals surface area contributed by atoms with Crippen LogP contribution in [-0.2, 0) is 11.2 Å². The average molecular weight is 416 g/mol. The molecule has 0 saturated heterocycles. The molecule has 30 heavy (non-hydrogen) atoms. The zero-order chi connectivity index (χ0) is 21.1. The number of rotatable bonds is 2. The minimum Gasteiger partial charge on any atom is -0.321 e. The van der Waals surface area contributed by atoms with Gasteiger partial charge in [-0.15, -0.1) is 0 Å². The van der Waals surface area contributed by atoms with Crippen molar-refractivity contribution in [3.8, 4) is 11.8 Å². The molecule has 1 aliphatic rings. The third-order valence-electron chi connectivity index (χ3n) is 4.62. The summed E-state index contributed by atoms with van der Waals surface area (Å²) < 4.78 is 13.4. The zero-order valence-electron chi connectivity index (χ0n) is 15.7. The summed E-state index contributed by atoms with van der Waals surface area (Å²) in [6.07, 6.45) is 2.00. The molecule has 1 heterocycles. The fourth-order valence-corrected chi connectivity index (χ4v) is 3.29. The molecule has 3 aromatic rings. The van der Waals surface area contributed by atoms with Crippen molar-refractivity contribution in [3.63, 3.8) is 0 Å². The molecule has 0 aromatic heterocycles. The predicted octanol–water partition coefficient (Wildman–Crippen LogP) is 5.29. The first-order valence-electron chi connectivity index (χ1n) is 9.21. The lowest BCUT2D eigenvalue weighted by atomic mass is 9.93. The van der Waals surface area contributed by atoms with Crippen molar-refractivity contribution in [1.82, 2.24) is 0 Å². The number of anilines is 1. The van der Waals surface area contributed by atoms with Gasteiger partial charge >= 0.3 is 0 Å². The number of hydrogen-bond acceptors (Lipinski definition) is 2. The van der Waals surface area contributed by atoms with E-state index < -0.39 is 17.5 Å². The molecule has 146 valence electrons. The van der Waals surface area contributed by atoms with Gasteiger partial charge in [0.05, 0.1) is 16.3 Å². The first-order valence-corrected chi connectivity index (χ1v) is 9.59. The van der Waals surface area contributed by atoms with Gasteiger partial charge in [-0.1, -0.05) is 59.8 Å². The Hall–Kier alpha value is -3.68. The van der Waals surface area contributed by atoms with Crippen LogP contribution < -0.4 is 5.32 Å². The van der Waals surface area contributed by atoms with Crippen LogP contribution in [0.1, 0.15) is 27.0 Å². The van der Waals surface area contributed by atoms with Gasteiger partial charge in [-0.05, 0) is 47.5 Å². The Kier molecular flexibility index (Phi) is 5.47. The summed E-state index contributed by atoms with van der Waals surface area (Å²) in [4.78, 5) is 25.3. The molecule has 0 bridgehead atoms. The van der Waals surface area contributed by atoms with Crippen LogP contribution in [0.4, 0.5) is 10.1 Å². The van der Waals surface area contributed by atoms with E-state index in [1.165, 1.54) is 24.3 Å². The van der Waals surface area contributed by atoms with E-state index in [-0.39, 0.29) is 10.6 Å². The van der Waals surface area contributed by atoms with E-state index in [0.717, 1.165) is 5.56 Å². The van der Waals surface area contributed by atoms with Crippen molar-refractivity contribution >= 4 is 35.1 Å². The lowest BCUT2D eigenvalue weighted by Crippen LogP contribution is -2.27. The fraction of sp³-hybridized carbons (Fsp3) is 0.0400. The number of carbonyl (C=O) groups excluding carboxylic acids is 2. The maximum atomic E-state index is 13.4. The Morgan fingerprint density at radius 2 is 1.80 bits per heavy atom. The predicted molar refractivity (Wildman–Crippen MR) is 116 cm³/mol. The molecule has 0 radical (unpaired) electrons. The summed E-state index contributed by atoms with van der Waals surface area (Å²) >= 11 is 5.79. The summed E-state index contributed by atoms with van der Waals surface area (Å²) in [5.74, 6) is 4.66. The van der Waals surface area contributed by atoms with Gasteiger partial charge in [0.1, 0.15) is 5.82 Å². The molecule has 0 atom stereocenters. The molecule has 1 amide bonds. The number of halogens is 2. The Bertz CT molecular complexity index is 1250. The van der Waals surface area contributed by atoms with E-state index in [1.807, 2.05) is 30.3 Å². The topological polar surface area (TPSA) is 46.2 Å². The standard InChI is InChI=1S/C25H15ClFNO2/c26-21-15-18(9-11-22(21)27)14-20-24(29)19-13-17(10-12-23(19)28-25(20)30)8-4-7-16-5-2-1-3-6-16/h1-3,5-6,9-15H,7H2,(H,28,30)/b20-14-. The first kappa shape index (κ1) is 19.6. The fourth-order valence-electron chi connectivity index (χ4n) is 3.10. The van der Waals surface area contributed by atoms with Crippen molar-refractivity contribution in [2.75, 3.05) is 5.32 Å². The molecular formula is C25H15ClFNO2. The highest BCUT2D eigenvalue weighted by Gasteiger charge is 2.28. The van der Waals surface area contributed by atoms with Crippen LogP contribution in [0.5, 0.6) is 0 Å². The van der Waals surface area contributed by atoms with Gasteiger partial charge in [0.25, 0.3) is 5.91 Å². The van der Waals surface area contributed by atoms with Gasteiger partial charge in [-0.25, -0.2) is 4.39 Å². The lowest BCUT2D eigenvalue weighted by molar-refractivity contribution is -0.112. The van der Waals surface area contributed by atoms with E-state index in [2.05, 4.69) is 17.2 Å². The maximum Gasteiger partial charge on any atom is 0.259 e. The molecule has 0 fully saturated rings. The van der Waals surface area contributed by atoms with Gasteiger partial charge in [0.2, 0.25) is 5.78 Å². The number of carbonyl (C=O) groups is 2. The van der Waals surface area contributed by atoms with Crippen LogP contribution in [-0.4, -0.2) is 11.7 Å². The second-order valence-corrected chi connectivity index (χ2v) is 7.15. The summed E-state index contributed by atoms with van der Waals surface area (Å²) in [6, 6.07) is 19.0. The summed E-state index contributed by atoms with van der Waals surface area (Å²) in [7, 11) is 0. The van der Waals surface area contributed by atoms with E-state index in [9.17, 15) is 14.0 Å². The number of hydrogen-bond donors (Lipinski definition) is 1. The monoisotopic (exact) mass is 415 g/mol. The van der Waals surface area contributed by atoms with Crippen molar-refractivity contribution < 1.29 is 14.0 Å². The van der Waals surface area contributed by atoms with Gasteiger partial charge in [-0.3, -0.25) is 9.59 Å². The smallest absolute Gasteiger partial charge is 0.259 e. The van der Waals surface area contributed by atoms with Gasteiger partial charge < -0.3 is 5.32 Å². The number of ketones is 1. The van der Waals surface area contributed by atoms with Gasteiger partial charge in [0.15, 0.2) is 0 Å². The lowest BCUT2D eigenvalue weighted by Gasteiger charge is -2.18. The third-order valence-corrected chi connectivity index (χ3v) is 4.91. The molecule has 0 unspecified atom stereocenters. The van der Waals surface area contributed by atoms with E-state index in [1.54, 1.807) is 18.2 Å². The number of benzene rings is 3. The highest BCUT2D eigenvalue weighted by atomic mass is 35.5. The molecule has 3 aromatic carbocycles. The number of fused-ring (bicyclic) bond motifs is 1. The molecule has 0 saturated carbocycles. The van der Waals surface area contributed by atoms with Crippen molar-refractivity contribution in [1.29, 1.82) is 0 Å². The summed E-state index contributed by atoms with van der Waals surface area (Å²) in [5, 5.41) is 2.63. The third kappa shape index (κ3) is 4.17. The van der Waals surface area contributed by atoms with Crippen LogP contribution in [0.15, 0.2) is 72.3 Å². The zero-order valence-corrected chi connectivity index (χ0v) is 16.5. The van der Waals surface area contributed by atoms with E-state index in [4.69, 9.17) is 11.6 Å². The maximum absolute atomic E-state index is 13.4. The molecule has 1 aliphatic heterocycles. The van der Waals surface area contributed by atoms with Crippen LogP contribution in [0.3, 0.4) is 0 Å². The van der Waals surface area contributed by atoms with Crippen molar-refractivity contribution in [3.05, 3.63) is 105 Å². The molecule has 0 spiro atoms. The number of nitrogens with one attached hydrogen (secondary N) is 1. The molecular weight excluding hydrogens is 401 g/mol. The van der Waals surface area contributed by atoms with Crippen LogP contribution >= 0.6 is 11.6 Å². The molecule has 5 heteroatoms. The Morgan fingerprint density at radius 1 is 1.00 bits per heavy atom. The largest absolute Gasteiger partial charge is 0.321 e. The number of amides is 1. The van der Waals surface area contributed by atoms with E-state index >= 15 is 0 Å². The first-order chi connectivity index (χ1) is 14.5. The second kappa shape index (κ2) is 8.36. The molecule has 4 rings (SSSR count). The molecule has 1 N–H and O–H groups in total. The van der Waals surface area contributed by atoms with E-state index in [0.29, 0.717) is 28.8 Å². The number of Topliss-reactive ketones (excluding diaryl/α,β-unsaturated/α-hetero) is 1. The summed E-state index contributed by atoms with van der Waals surface area (Å²) in [6.45, 7) is 0. The Balaban J connectivity index is 1.62.